The molecule has 2 heterocycles. The average Bonchev–Trinajstić information content (AvgIpc) is 2.71. The second-order valence-electron chi connectivity index (χ2n) is 6.00. The molecule has 0 unspecified atom stereocenters. The van der Waals surface area contributed by atoms with Crippen molar-refractivity contribution in [1.29, 1.82) is 0 Å². The number of carbonyl (C=O) groups excluding carboxylic acids is 1. The van der Waals surface area contributed by atoms with Crippen LogP contribution in [0.15, 0.2) is 36.5 Å². The van der Waals surface area contributed by atoms with E-state index in [0.717, 1.165) is 22.6 Å². The van der Waals surface area contributed by atoms with Crippen LogP contribution in [0.1, 0.15) is 34.7 Å². The molecule has 1 aliphatic carbocycles. The van der Waals surface area contributed by atoms with Crippen molar-refractivity contribution in [3.05, 3.63) is 47.8 Å². The molecule has 0 radical (unpaired) electrons. The van der Waals surface area contributed by atoms with Gasteiger partial charge in [0.15, 0.2) is 0 Å². The normalized spacial score (nSPS) is 25.7. The maximum absolute atomic E-state index is 12.7. The quantitative estimate of drug-likeness (QED) is 0.682. The first-order valence-corrected chi connectivity index (χ1v) is 13.2. The van der Waals surface area contributed by atoms with E-state index in [1.54, 1.807) is 6.20 Å². The fourth-order valence-electron chi connectivity index (χ4n) is 2.93. The number of carbonyl (C=O) groups is 1. The molecular weight excluding hydrogens is 394 g/mol. The zero-order valence-electron chi connectivity index (χ0n) is 11.7. The van der Waals surface area contributed by atoms with Crippen LogP contribution in [0.25, 0.3) is 11.4 Å². The standard InChI is InChI=1S/C16H14N2OSe2/c1-16(2)13-11-10(12(19)14(16)21-20-13)8-17-15(18-11)9-6-4-3-5-7-9/h3-8,13-14H,1-2H3/t13-,14+/m0/s1. The molecular formula is C16H14N2OSe2. The molecule has 0 amide bonds. The van der Waals surface area contributed by atoms with Crippen LogP contribution in [0.5, 0.6) is 0 Å². The third-order valence-corrected chi connectivity index (χ3v) is 14.1. The van der Waals surface area contributed by atoms with Gasteiger partial charge in [-0.15, -0.1) is 0 Å². The summed E-state index contributed by atoms with van der Waals surface area (Å²) in [6.07, 6.45) is 1.76. The van der Waals surface area contributed by atoms with Crippen molar-refractivity contribution in [1.82, 2.24) is 9.97 Å². The number of hydrogen-bond donors (Lipinski definition) is 0. The van der Waals surface area contributed by atoms with Gasteiger partial charge in [0, 0.05) is 0 Å². The third kappa shape index (κ3) is 1.96. The van der Waals surface area contributed by atoms with Gasteiger partial charge in [0.1, 0.15) is 0 Å². The van der Waals surface area contributed by atoms with Crippen LogP contribution in [-0.4, -0.2) is 42.0 Å². The summed E-state index contributed by atoms with van der Waals surface area (Å²) in [4.78, 5) is 22.6. The fourth-order valence-corrected chi connectivity index (χ4v) is 16.2. The Morgan fingerprint density at radius 2 is 1.81 bits per heavy atom. The number of nitrogens with zero attached hydrogens (tertiary/aromatic N) is 2. The van der Waals surface area contributed by atoms with E-state index < -0.39 is 0 Å². The van der Waals surface area contributed by atoms with E-state index in [1.807, 2.05) is 30.3 Å². The number of ketones is 1. The van der Waals surface area contributed by atoms with E-state index in [2.05, 4.69) is 18.8 Å². The maximum atomic E-state index is 12.7. The van der Waals surface area contributed by atoms with Crippen LogP contribution in [0, 0.1) is 5.41 Å². The molecule has 1 saturated heterocycles. The number of Topliss-reactive ketones (excluding diaryl/α,β-unsaturated/α-hetero) is 1. The zero-order valence-corrected chi connectivity index (χ0v) is 15.2. The first-order chi connectivity index (χ1) is 10.1. The van der Waals surface area contributed by atoms with Crippen molar-refractivity contribution in [2.75, 3.05) is 0 Å². The summed E-state index contributed by atoms with van der Waals surface area (Å²) < 4.78 is 0. The van der Waals surface area contributed by atoms with Crippen molar-refractivity contribution < 1.29 is 4.79 Å². The van der Waals surface area contributed by atoms with E-state index in [9.17, 15) is 4.79 Å². The van der Waals surface area contributed by atoms with E-state index in [0.29, 0.717) is 31.1 Å². The fraction of sp³-hybridized carbons (Fsp3) is 0.312. The number of rotatable bonds is 1. The zero-order chi connectivity index (χ0) is 14.6. The topological polar surface area (TPSA) is 42.9 Å². The Morgan fingerprint density at radius 3 is 2.57 bits per heavy atom. The predicted molar refractivity (Wildman–Crippen MR) is 83.6 cm³/mol. The molecule has 2 aromatic rings. The van der Waals surface area contributed by atoms with Crippen LogP contribution < -0.4 is 0 Å². The second kappa shape index (κ2) is 4.75. The third-order valence-electron chi connectivity index (χ3n) is 4.20. The van der Waals surface area contributed by atoms with Crippen LogP contribution >= 0.6 is 0 Å². The van der Waals surface area contributed by atoms with E-state index in [-0.39, 0.29) is 16.0 Å². The van der Waals surface area contributed by atoms with Gasteiger partial charge in [0.2, 0.25) is 0 Å². The monoisotopic (exact) mass is 410 g/mol. The summed E-state index contributed by atoms with van der Waals surface area (Å²) in [5, 5.41) is 0. The first-order valence-electron chi connectivity index (χ1n) is 6.88. The van der Waals surface area contributed by atoms with Crippen molar-refractivity contribution >= 4 is 32.0 Å². The van der Waals surface area contributed by atoms with Crippen LogP contribution in [0.2, 0.25) is 4.82 Å². The molecule has 2 aliphatic rings. The van der Waals surface area contributed by atoms with Gasteiger partial charge < -0.3 is 0 Å². The number of hydrogen-bond acceptors (Lipinski definition) is 3. The van der Waals surface area contributed by atoms with E-state index >= 15 is 0 Å². The molecule has 0 spiro atoms. The summed E-state index contributed by atoms with van der Waals surface area (Å²) in [5.74, 6) is 1.02. The van der Waals surface area contributed by atoms with Gasteiger partial charge in [0.25, 0.3) is 0 Å². The summed E-state index contributed by atoms with van der Waals surface area (Å²) in [7, 11) is 0. The summed E-state index contributed by atoms with van der Waals surface area (Å²) in [6.45, 7) is 4.48. The van der Waals surface area contributed by atoms with Gasteiger partial charge in [-0.3, -0.25) is 0 Å². The number of benzene rings is 1. The Bertz CT molecular complexity index is 730. The minimum absolute atomic E-state index is 0.0758. The predicted octanol–water partition coefficient (Wildman–Crippen LogP) is 2.53. The first kappa shape index (κ1) is 13.7. The van der Waals surface area contributed by atoms with E-state index in [4.69, 9.17) is 4.98 Å². The molecule has 1 aromatic heterocycles. The summed E-state index contributed by atoms with van der Waals surface area (Å²) in [5.41, 5.74) is 2.88. The summed E-state index contributed by atoms with van der Waals surface area (Å²) in [6, 6.07) is 10.0. The molecule has 2 bridgehead atoms. The van der Waals surface area contributed by atoms with Gasteiger partial charge in [-0.25, -0.2) is 0 Å². The molecule has 0 N–H and O–H groups in total. The van der Waals surface area contributed by atoms with Crippen LogP contribution in [0.3, 0.4) is 0 Å². The SMILES string of the molecule is CC1(C)[C@@H]2[Se][Se][C@H]1c1nc(-c3ccccc3)ncc1C2=O. The Labute approximate surface area is 134 Å². The molecule has 1 aliphatic heterocycles. The van der Waals surface area contributed by atoms with Crippen LogP contribution in [0.4, 0.5) is 0 Å². The Hall–Kier alpha value is -0.991. The van der Waals surface area contributed by atoms with Crippen LogP contribution in [-0.2, 0) is 0 Å². The molecule has 106 valence electrons. The number of fused-ring (bicyclic) bond motifs is 4. The molecule has 1 fully saturated rings. The van der Waals surface area contributed by atoms with Gasteiger partial charge >= 0.3 is 135 Å². The van der Waals surface area contributed by atoms with Gasteiger partial charge in [-0.05, 0) is 0 Å². The van der Waals surface area contributed by atoms with E-state index in [1.165, 1.54) is 0 Å². The molecule has 5 heteroatoms. The molecule has 21 heavy (non-hydrogen) atoms. The van der Waals surface area contributed by atoms with Crippen molar-refractivity contribution in [3.8, 4) is 11.4 Å². The number of aromatic nitrogens is 2. The summed E-state index contributed by atoms with van der Waals surface area (Å²) >= 11 is 0.969. The average molecular weight is 408 g/mol. The van der Waals surface area contributed by atoms with Gasteiger partial charge in [-0.1, -0.05) is 0 Å². The second-order valence-corrected chi connectivity index (χ2v) is 13.0. The minimum atomic E-state index is 0.0758. The van der Waals surface area contributed by atoms with Crippen molar-refractivity contribution in [3.63, 3.8) is 0 Å². The van der Waals surface area contributed by atoms with Crippen molar-refractivity contribution in [2.45, 2.75) is 23.5 Å². The molecule has 3 nitrogen and oxygen atoms in total. The molecule has 2 atom stereocenters. The Balaban J connectivity index is 1.88. The molecule has 1 aromatic carbocycles. The van der Waals surface area contributed by atoms with Gasteiger partial charge in [-0.2, -0.15) is 0 Å². The molecule has 4 rings (SSSR count). The molecule has 0 saturated carbocycles. The Morgan fingerprint density at radius 1 is 1.10 bits per heavy atom. The van der Waals surface area contributed by atoms with Gasteiger partial charge in [0.05, 0.1) is 0 Å². The van der Waals surface area contributed by atoms with Crippen molar-refractivity contribution in [2.24, 2.45) is 5.41 Å². The Kier molecular flexibility index (Phi) is 3.09.